The highest BCUT2D eigenvalue weighted by Crippen LogP contribution is 2.25. The van der Waals surface area contributed by atoms with E-state index in [1.165, 1.54) is 20.3 Å². The van der Waals surface area contributed by atoms with E-state index in [2.05, 4.69) is 78.0 Å². The normalized spacial score (nSPS) is 10.3. The fourth-order valence-electron chi connectivity index (χ4n) is 1.75. The second-order valence-corrected chi connectivity index (χ2v) is 4.77. The van der Waals surface area contributed by atoms with Gasteiger partial charge in [0.25, 0.3) is 0 Å². The van der Waals surface area contributed by atoms with Crippen LogP contribution in [0.3, 0.4) is 0 Å². The Balaban J connectivity index is 2.53. The molecule has 0 aromatic heterocycles. The van der Waals surface area contributed by atoms with E-state index in [0.29, 0.717) is 0 Å². The zero-order valence-corrected chi connectivity index (χ0v) is 10.9. The Morgan fingerprint density at radius 2 is 1.73 bits per heavy atom. The highest BCUT2D eigenvalue weighted by molar-refractivity contribution is 14.1. The zero-order chi connectivity index (χ0) is 10.7. The van der Waals surface area contributed by atoms with Crippen LogP contribution in [0.1, 0.15) is 12.5 Å². The van der Waals surface area contributed by atoms with Gasteiger partial charge >= 0.3 is 0 Å². The first-order chi connectivity index (χ1) is 7.31. The molecule has 0 aliphatic rings. The van der Waals surface area contributed by atoms with Crippen molar-refractivity contribution in [2.24, 2.45) is 0 Å². The SMILES string of the molecule is CCc1cc(I)ccc1-c1ccccc1. The molecule has 0 aliphatic carbocycles. The largest absolute Gasteiger partial charge is 0.0622 e. The molecule has 1 heteroatoms. The van der Waals surface area contributed by atoms with Gasteiger partial charge in [-0.3, -0.25) is 0 Å². The predicted molar refractivity (Wildman–Crippen MR) is 74.0 cm³/mol. The Hall–Kier alpha value is -0.830. The first-order valence-electron chi connectivity index (χ1n) is 5.15. The van der Waals surface area contributed by atoms with Crippen LogP contribution in [0.15, 0.2) is 48.5 Å². The molecule has 0 unspecified atom stereocenters. The van der Waals surface area contributed by atoms with Crippen molar-refractivity contribution >= 4 is 22.6 Å². The van der Waals surface area contributed by atoms with E-state index >= 15 is 0 Å². The van der Waals surface area contributed by atoms with Gasteiger partial charge in [-0.2, -0.15) is 0 Å². The van der Waals surface area contributed by atoms with E-state index in [4.69, 9.17) is 0 Å². The Kier molecular flexibility index (Phi) is 3.41. The summed E-state index contributed by atoms with van der Waals surface area (Å²) in [5.41, 5.74) is 4.09. The second-order valence-electron chi connectivity index (χ2n) is 3.52. The van der Waals surface area contributed by atoms with Crippen molar-refractivity contribution in [2.45, 2.75) is 13.3 Å². The van der Waals surface area contributed by atoms with Crippen LogP contribution in [0.25, 0.3) is 11.1 Å². The average Bonchev–Trinajstić information content (AvgIpc) is 2.30. The van der Waals surface area contributed by atoms with Gasteiger partial charge in [0.15, 0.2) is 0 Å². The van der Waals surface area contributed by atoms with Gasteiger partial charge in [-0.15, -0.1) is 0 Å². The summed E-state index contributed by atoms with van der Waals surface area (Å²) >= 11 is 2.36. The first kappa shape index (κ1) is 10.7. The number of hydrogen-bond donors (Lipinski definition) is 0. The van der Waals surface area contributed by atoms with Gasteiger partial charge in [0.1, 0.15) is 0 Å². The van der Waals surface area contributed by atoms with Gasteiger partial charge in [0, 0.05) is 3.57 Å². The molecular formula is C14H13I. The lowest BCUT2D eigenvalue weighted by molar-refractivity contribution is 1.14. The van der Waals surface area contributed by atoms with E-state index in [1.54, 1.807) is 0 Å². The summed E-state index contributed by atoms with van der Waals surface area (Å²) in [5.74, 6) is 0. The van der Waals surface area contributed by atoms with Crippen molar-refractivity contribution in [3.63, 3.8) is 0 Å². The van der Waals surface area contributed by atoms with Gasteiger partial charge in [0.2, 0.25) is 0 Å². The third-order valence-corrected chi connectivity index (χ3v) is 3.20. The van der Waals surface area contributed by atoms with Crippen molar-refractivity contribution in [3.8, 4) is 11.1 Å². The van der Waals surface area contributed by atoms with Gasteiger partial charge in [0.05, 0.1) is 0 Å². The maximum atomic E-state index is 2.36. The molecule has 15 heavy (non-hydrogen) atoms. The molecule has 0 heterocycles. The molecule has 0 radical (unpaired) electrons. The van der Waals surface area contributed by atoms with Gasteiger partial charge in [-0.05, 0) is 57.8 Å². The molecule has 0 saturated carbocycles. The molecule has 76 valence electrons. The molecule has 2 aromatic carbocycles. The topological polar surface area (TPSA) is 0 Å². The highest BCUT2D eigenvalue weighted by atomic mass is 127. The summed E-state index contributed by atoms with van der Waals surface area (Å²) < 4.78 is 1.31. The lowest BCUT2D eigenvalue weighted by Crippen LogP contribution is -1.88. The molecule has 0 fully saturated rings. The minimum absolute atomic E-state index is 1.08. The Morgan fingerprint density at radius 3 is 2.40 bits per heavy atom. The standard InChI is InChI=1S/C14H13I/c1-2-11-10-13(15)8-9-14(11)12-6-4-3-5-7-12/h3-10H,2H2,1H3. The van der Waals surface area contributed by atoms with Gasteiger partial charge in [-0.1, -0.05) is 43.3 Å². The zero-order valence-electron chi connectivity index (χ0n) is 8.70. The number of benzene rings is 2. The molecular weight excluding hydrogens is 295 g/mol. The lowest BCUT2D eigenvalue weighted by atomic mass is 9.98. The first-order valence-corrected chi connectivity index (χ1v) is 6.23. The minimum Gasteiger partial charge on any atom is -0.0622 e. The molecule has 0 saturated heterocycles. The van der Waals surface area contributed by atoms with Crippen molar-refractivity contribution in [1.29, 1.82) is 0 Å². The van der Waals surface area contributed by atoms with Gasteiger partial charge < -0.3 is 0 Å². The fourth-order valence-corrected chi connectivity index (χ4v) is 2.31. The summed E-state index contributed by atoms with van der Waals surface area (Å²) in [6.07, 6.45) is 1.08. The summed E-state index contributed by atoms with van der Waals surface area (Å²) in [6.45, 7) is 2.21. The van der Waals surface area contributed by atoms with Crippen molar-refractivity contribution < 1.29 is 0 Å². The smallest absolute Gasteiger partial charge is 0.0133 e. The van der Waals surface area contributed by atoms with Crippen LogP contribution in [0.4, 0.5) is 0 Å². The van der Waals surface area contributed by atoms with Crippen molar-refractivity contribution in [3.05, 3.63) is 57.7 Å². The van der Waals surface area contributed by atoms with E-state index < -0.39 is 0 Å². The van der Waals surface area contributed by atoms with Crippen LogP contribution in [-0.4, -0.2) is 0 Å². The predicted octanol–water partition coefficient (Wildman–Crippen LogP) is 4.52. The van der Waals surface area contributed by atoms with Gasteiger partial charge in [-0.25, -0.2) is 0 Å². The Morgan fingerprint density at radius 1 is 1.00 bits per heavy atom. The molecule has 0 aliphatic heterocycles. The summed E-state index contributed by atoms with van der Waals surface area (Å²) in [5, 5.41) is 0. The van der Waals surface area contributed by atoms with E-state index in [9.17, 15) is 0 Å². The molecule has 0 bridgehead atoms. The monoisotopic (exact) mass is 308 g/mol. The summed E-state index contributed by atoms with van der Waals surface area (Å²) in [6, 6.07) is 17.2. The van der Waals surface area contributed by atoms with E-state index in [-0.39, 0.29) is 0 Å². The third kappa shape index (κ3) is 2.40. The molecule has 2 aromatic rings. The summed E-state index contributed by atoms with van der Waals surface area (Å²) in [4.78, 5) is 0. The van der Waals surface area contributed by atoms with Crippen LogP contribution in [-0.2, 0) is 6.42 Å². The highest BCUT2D eigenvalue weighted by Gasteiger charge is 2.03. The lowest BCUT2D eigenvalue weighted by Gasteiger charge is -2.08. The van der Waals surface area contributed by atoms with E-state index in [1.807, 2.05) is 0 Å². The molecule has 0 atom stereocenters. The number of aryl methyl sites for hydroxylation is 1. The Bertz CT molecular complexity index is 446. The van der Waals surface area contributed by atoms with E-state index in [0.717, 1.165) is 6.42 Å². The van der Waals surface area contributed by atoms with Crippen molar-refractivity contribution in [2.75, 3.05) is 0 Å². The number of hydrogen-bond acceptors (Lipinski definition) is 0. The van der Waals surface area contributed by atoms with Crippen LogP contribution in [0.5, 0.6) is 0 Å². The average molecular weight is 308 g/mol. The van der Waals surface area contributed by atoms with Crippen LogP contribution in [0, 0.1) is 3.57 Å². The third-order valence-electron chi connectivity index (χ3n) is 2.53. The van der Waals surface area contributed by atoms with Crippen LogP contribution < -0.4 is 0 Å². The minimum atomic E-state index is 1.08. The molecule has 0 spiro atoms. The molecule has 0 N–H and O–H groups in total. The maximum absolute atomic E-state index is 2.36. The fraction of sp³-hybridized carbons (Fsp3) is 0.143. The second kappa shape index (κ2) is 4.79. The maximum Gasteiger partial charge on any atom is 0.0133 e. The van der Waals surface area contributed by atoms with Crippen LogP contribution >= 0.6 is 22.6 Å². The quantitative estimate of drug-likeness (QED) is 0.716. The molecule has 0 nitrogen and oxygen atoms in total. The number of halogens is 1. The number of rotatable bonds is 2. The molecule has 0 amide bonds. The summed E-state index contributed by atoms with van der Waals surface area (Å²) in [7, 11) is 0. The van der Waals surface area contributed by atoms with Crippen molar-refractivity contribution in [1.82, 2.24) is 0 Å². The molecule has 2 rings (SSSR count). The van der Waals surface area contributed by atoms with Crippen LogP contribution in [0.2, 0.25) is 0 Å². The Labute approximate surface area is 104 Å².